The van der Waals surface area contributed by atoms with Gasteiger partial charge in [-0.15, -0.1) is 61.2 Å². The number of anilines is 1. The van der Waals surface area contributed by atoms with Crippen molar-refractivity contribution >= 4 is 41.2 Å². The molecule has 0 unspecified atom stereocenters. The minimum absolute atomic E-state index is 0. The molecule has 0 radical (unpaired) electrons. The van der Waals surface area contributed by atoms with Gasteiger partial charge < -0.3 is 38.1 Å². The molecule has 0 aliphatic carbocycles. The highest BCUT2D eigenvalue weighted by molar-refractivity contribution is 5.82. The maximum Gasteiger partial charge on any atom is 0.305 e. The minimum Gasteiger partial charge on any atom is -0.484 e. The largest absolute Gasteiger partial charge is 0.484 e. The molecule has 4 aliphatic heterocycles. The van der Waals surface area contributed by atoms with Gasteiger partial charge in [0.2, 0.25) is 0 Å². The third kappa shape index (κ3) is 23.9. The van der Waals surface area contributed by atoms with Crippen LogP contribution in [-0.2, 0) is 47.0 Å². The van der Waals surface area contributed by atoms with E-state index >= 15 is 0 Å². The number of carbonyl (C=O) groups excluding carboxylic acids is 1. The van der Waals surface area contributed by atoms with E-state index in [4.69, 9.17) is 39.9 Å². The molecule has 14 N–H and O–H groups in total. The smallest absolute Gasteiger partial charge is 0.305 e. The van der Waals surface area contributed by atoms with Gasteiger partial charge in [-0.05, 0) is 38.5 Å². The maximum atomic E-state index is 10.6. The molecule has 3 aromatic heterocycles. The van der Waals surface area contributed by atoms with Gasteiger partial charge in [0.25, 0.3) is 5.95 Å². The summed E-state index contributed by atoms with van der Waals surface area (Å²) in [5.74, 6) is 9.10. The Bertz CT molecular complexity index is 1540. The van der Waals surface area contributed by atoms with Gasteiger partial charge in [-0.25, -0.2) is 5.84 Å². The Hall–Kier alpha value is -6.64. The molecule has 4 aliphatic rings. The Morgan fingerprint density at radius 2 is 0.915 bits per heavy atom. The van der Waals surface area contributed by atoms with Crippen molar-refractivity contribution in [1.82, 2.24) is 61.2 Å². The van der Waals surface area contributed by atoms with Crippen LogP contribution < -0.4 is 39.9 Å². The molecule has 7 heterocycles. The predicted octanol–water partition coefficient (Wildman–Crippen LogP) is -0.900. The number of aromatic nitrogens is 12. The molecule has 3 aromatic rings. The predicted molar refractivity (Wildman–Crippen MR) is 219 cm³/mol. The van der Waals surface area contributed by atoms with Crippen molar-refractivity contribution < 1.29 is 14.3 Å². The van der Waals surface area contributed by atoms with Crippen LogP contribution in [0.1, 0.15) is 114 Å². The summed E-state index contributed by atoms with van der Waals surface area (Å²) >= 11 is 0. The van der Waals surface area contributed by atoms with Gasteiger partial charge in [-0.2, -0.15) is 0 Å². The van der Waals surface area contributed by atoms with E-state index in [0.29, 0.717) is 91.0 Å². The lowest BCUT2D eigenvalue weighted by Gasteiger charge is -2.04. The maximum absolute atomic E-state index is 10.6. The Balaban J connectivity index is 0.000000617. The SMILES string of the molecule is C.COC(=N)CCCCC(=O)OC.NC1=NCc2nnc(nn2)CN=C(N)CCCCC(N)=NCc2nnc(nn2)CN=C(N)CCCC1.NCc1nnc(NN)nn1. The van der Waals surface area contributed by atoms with Crippen LogP contribution in [-0.4, -0.2) is 111 Å². The van der Waals surface area contributed by atoms with Crippen LogP contribution in [0.4, 0.5) is 5.95 Å². The van der Waals surface area contributed by atoms with Crippen molar-refractivity contribution in [2.75, 3.05) is 19.6 Å². The standard InChI is InChI=1S/C20H32N16.C8H15NO3.C3H7N7.CH4/c21-13-5-1-2-6-14(22)26-10-18-31-35-20(36-32-18)12-28-16(24)8-4-3-7-15(23)27-11-19-33-29-17(9-25-13)30-34-19;1-11-7(9)5-3-4-6-8(10)12-2;4-1-2-7-9-3(6-5)10-8-2;/h1-12H2,(H2,21,25)(H2,22,26)(H2,23,27)(H2,24,28);9H,3-6H2,1-2H3;1,4-5H2,(H,6,9,10);1H4. The van der Waals surface area contributed by atoms with Crippen LogP contribution in [0.5, 0.6) is 0 Å². The first-order valence-electron chi connectivity index (χ1n) is 18.2. The fourth-order valence-corrected chi connectivity index (χ4v) is 4.17. The summed E-state index contributed by atoms with van der Waals surface area (Å²) in [5.41, 5.74) is 31.3. The molecule has 0 fully saturated rings. The number of hydrogen-bond donors (Lipinski definition) is 8. The number of nitrogens with two attached hydrogens (primary N) is 6. The fraction of sp³-hybridized carbons (Fsp3) is 0.625. The number of ether oxygens (including phenoxy) is 2. The van der Waals surface area contributed by atoms with Crippen LogP contribution in [0.3, 0.4) is 0 Å². The van der Waals surface area contributed by atoms with Crippen LogP contribution in [0.2, 0.25) is 0 Å². The van der Waals surface area contributed by atoms with Gasteiger partial charge in [0, 0.05) is 38.5 Å². The minimum atomic E-state index is -0.195. The third-order valence-electron chi connectivity index (χ3n) is 7.39. The molecule has 0 saturated heterocycles. The highest BCUT2D eigenvalue weighted by Gasteiger charge is 2.06. The number of nitrogen functional groups attached to an aromatic ring is 1. The van der Waals surface area contributed by atoms with Gasteiger partial charge >= 0.3 is 5.97 Å². The first-order valence-corrected chi connectivity index (χ1v) is 18.2. The number of amidine groups is 4. The number of nitrogens with zero attached hydrogens (tertiary/aromatic N) is 16. The number of carbonyl (C=O) groups is 1. The highest BCUT2D eigenvalue weighted by Crippen LogP contribution is 2.05. The van der Waals surface area contributed by atoms with Crippen LogP contribution >= 0.6 is 0 Å². The third-order valence-corrected chi connectivity index (χ3v) is 7.39. The highest BCUT2D eigenvalue weighted by atomic mass is 16.5. The Morgan fingerprint density at radius 1 is 0.576 bits per heavy atom. The number of nitrogens with one attached hydrogen (secondary N) is 2. The zero-order chi connectivity index (χ0) is 42.4. The topological polar surface area (TPSA) is 432 Å². The summed E-state index contributed by atoms with van der Waals surface area (Å²) in [6, 6.07) is 0. The number of unbranched alkanes of at least 4 members (excludes halogenated alkanes) is 1. The van der Waals surface area contributed by atoms with Crippen LogP contribution in [0.25, 0.3) is 0 Å². The van der Waals surface area contributed by atoms with Crippen molar-refractivity contribution in [2.45, 2.75) is 117 Å². The van der Waals surface area contributed by atoms with E-state index in [1.165, 1.54) is 14.2 Å². The molecule has 7 rings (SSSR count). The molecule has 27 nitrogen and oxygen atoms in total. The number of hydrogen-bond acceptors (Lipinski definition) is 27. The van der Waals surface area contributed by atoms with Gasteiger partial charge in [-0.3, -0.25) is 35.6 Å². The van der Waals surface area contributed by atoms with Crippen molar-refractivity contribution in [3.05, 3.63) is 29.1 Å². The van der Waals surface area contributed by atoms with E-state index < -0.39 is 0 Å². The zero-order valence-corrected chi connectivity index (χ0v) is 32.9. The average molecular weight is 827 g/mol. The lowest BCUT2D eigenvalue weighted by Crippen LogP contribution is -2.16. The second-order valence-electron chi connectivity index (χ2n) is 12.0. The molecule has 59 heavy (non-hydrogen) atoms. The summed E-state index contributed by atoms with van der Waals surface area (Å²) in [4.78, 5) is 27.8. The Labute approximate surface area is 342 Å². The van der Waals surface area contributed by atoms with Crippen molar-refractivity contribution in [3.63, 3.8) is 0 Å². The van der Waals surface area contributed by atoms with E-state index in [1.807, 2.05) is 0 Å². The molecule has 0 amide bonds. The molecular formula is C32H58N24O3. The van der Waals surface area contributed by atoms with Crippen molar-refractivity contribution in [3.8, 4) is 0 Å². The summed E-state index contributed by atoms with van der Waals surface area (Å²) in [7, 11) is 2.85. The second-order valence-corrected chi connectivity index (χ2v) is 12.0. The van der Waals surface area contributed by atoms with Crippen molar-refractivity contribution in [2.24, 2.45) is 54.5 Å². The lowest BCUT2D eigenvalue weighted by molar-refractivity contribution is -0.140. The number of aliphatic imine (C=N–C) groups is 4. The van der Waals surface area contributed by atoms with E-state index in [2.05, 4.69) is 96.1 Å². The normalized spacial score (nSPS) is 14.3. The molecule has 4 bridgehead atoms. The van der Waals surface area contributed by atoms with Crippen LogP contribution in [0, 0.1) is 5.41 Å². The van der Waals surface area contributed by atoms with E-state index in [1.54, 1.807) is 0 Å². The zero-order valence-electron chi connectivity index (χ0n) is 32.9. The second kappa shape index (κ2) is 30.5. The van der Waals surface area contributed by atoms with Gasteiger partial charge in [0.1, 0.15) is 26.2 Å². The van der Waals surface area contributed by atoms with Crippen molar-refractivity contribution in [1.29, 1.82) is 5.41 Å². The molecule has 27 heteroatoms. The summed E-state index contributed by atoms with van der Waals surface area (Å²) in [6.45, 7) is 1.04. The average Bonchev–Trinajstić information content (AvgIpc) is 3.25. The molecule has 324 valence electrons. The van der Waals surface area contributed by atoms with E-state index in [9.17, 15) is 4.79 Å². The monoisotopic (exact) mass is 827 g/mol. The summed E-state index contributed by atoms with van der Waals surface area (Å²) in [5, 5.41) is 53.6. The first-order chi connectivity index (χ1) is 28.0. The molecule has 0 saturated carbocycles. The first kappa shape index (κ1) is 50.4. The van der Waals surface area contributed by atoms with Gasteiger partial charge in [0.05, 0.1) is 44.1 Å². The number of hydrazine groups is 1. The lowest BCUT2D eigenvalue weighted by atomic mass is 10.2. The van der Waals surface area contributed by atoms with E-state index in [-0.39, 0.29) is 58.0 Å². The summed E-state index contributed by atoms with van der Waals surface area (Å²) in [6.07, 6.45) is 8.24. The van der Waals surface area contributed by atoms with Gasteiger partial charge in [-0.1, -0.05) is 7.43 Å². The molecule has 0 atom stereocenters. The number of esters is 1. The molecule has 0 aromatic carbocycles. The summed E-state index contributed by atoms with van der Waals surface area (Å²) < 4.78 is 9.11. The van der Waals surface area contributed by atoms with Crippen LogP contribution in [0.15, 0.2) is 20.0 Å². The molecular weight excluding hydrogens is 769 g/mol. The van der Waals surface area contributed by atoms with E-state index in [0.717, 1.165) is 38.5 Å². The Kier molecular flexibility index (Phi) is 26.0. The quantitative estimate of drug-likeness (QED) is 0.0357. The Morgan fingerprint density at radius 3 is 1.20 bits per heavy atom. The number of methoxy groups -OCH3 is 2. The fourth-order valence-electron chi connectivity index (χ4n) is 4.17. The van der Waals surface area contributed by atoms with Gasteiger partial charge in [0.15, 0.2) is 35.0 Å². The number of rotatable bonds is 7. The molecule has 0 spiro atoms.